The summed E-state index contributed by atoms with van der Waals surface area (Å²) in [7, 11) is 2.79. The molecule has 0 aliphatic rings. The molecule has 0 bridgehead atoms. The van der Waals surface area contributed by atoms with Crippen LogP contribution in [0.2, 0.25) is 0 Å². The molecule has 9 heteroatoms. The van der Waals surface area contributed by atoms with Crippen molar-refractivity contribution >= 4 is 29.3 Å². The Bertz CT molecular complexity index is 645. The molecule has 0 saturated carbocycles. The van der Waals surface area contributed by atoms with Crippen LogP contribution in [-0.4, -0.2) is 54.7 Å². The number of rotatable bonds is 9. The average Bonchev–Trinajstić information content (AvgIpc) is 3.07. The van der Waals surface area contributed by atoms with E-state index >= 15 is 0 Å². The van der Waals surface area contributed by atoms with E-state index in [9.17, 15) is 14.4 Å². The van der Waals surface area contributed by atoms with E-state index in [2.05, 4.69) is 28.9 Å². The molecule has 0 unspecified atom stereocenters. The maximum atomic E-state index is 12.4. The van der Waals surface area contributed by atoms with Gasteiger partial charge in [0.2, 0.25) is 0 Å². The second-order valence-electron chi connectivity index (χ2n) is 6.99. The van der Waals surface area contributed by atoms with Crippen molar-refractivity contribution in [2.24, 2.45) is 5.92 Å². The van der Waals surface area contributed by atoms with Gasteiger partial charge in [-0.15, -0.1) is 11.3 Å². The molecule has 0 aromatic carbocycles. The van der Waals surface area contributed by atoms with Gasteiger partial charge in [-0.2, -0.15) is 0 Å². The van der Waals surface area contributed by atoms with Gasteiger partial charge in [-0.25, -0.2) is 14.6 Å². The highest BCUT2D eigenvalue weighted by molar-refractivity contribution is 7.09. The van der Waals surface area contributed by atoms with Gasteiger partial charge in [0.05, 0.1) is 37.4 Å². The van der Waals surface area contributed by atoms with Gasteiger partial charge < -0.3 is 19.7 Å². The van der Waals surface area contributed by atoms with Crippen LogP contribution in [0.3, 0.4) is 0 Å². The lowest BCUT2D eigenvalue weighted by Crippen LogP contribution is -2.48. The van der Waals surface area contributed by atoms with E-state index in [1.807, 2.05) is 19.2 Å². The highest BCUT2D eigenvalue weighted by Crippen LogP contribution is 2.19. The van der Waals surface area contributed by atoms with Crippen molar-refractivity contribution in [3.63, 3.8) is 0 Å². The van der Waals surface area contributed by atoms with E-state index in [4.69, 9.17) is 4.74 Å². The molecule has 1 atom stereocenters. The number of carbonyl (C=O) groups is 3. The zero-order valence-corrected chi connectivity index (χ0v) is 17.6. The van der Waals surface area contributed by atoms with Crippen molar-refractivity contribution in [3.05, 3.63) is 16.1 Å². The van der Waals surface area contributed by atoms with Crippen LogP contribution in [0.5, 0.6) is 0 Å². The van der Waals surface area contributed by atoms with Crippen LogP contribution in [0, 0.1) is 5.92 Å². The van der Waals surface area contributed by atoms with Crippen molar-refractivity contribution in [1.82, 2.24) is 15.2 Å². The highest BCUT2D eigenvalue weighted by atomic mass is 32.1. The van der Waals surface area contributed by atoms with Crippen LogP contribution in [0.25, 0.3) is 0 Å². The minimum Gasteiger partial charge on any atom is -0.467 e. The van der Waals surface area contributed by atoms with Gasteiger partial charge in [0.15, 0.2) is 0 Å². The monoisotopic (exact) mass is 399 g/mol. The fourth-order valence-corrected chi connectivity index (χ4v) is 2.88. The molecule has 0 spiro atoms. The molecule has 1 rings (SSSR count). The number of esters is 2. The number of aromatic nitrogens is 1. The van der Waals surface area contributed by atoms with E-state index in [0.29, 0.717) is 12.5 Å². The van der Waals surface area contributed by atoms with Crippen molar-refractivity contribution in [2.45, 2.75) is 52.6 Å². The van der Waals surface area contributed by atoms with Crippen LogP contribution in [0.1, 0.15) is 50.7 Å². The lowest BCUT2D eigenvalue weighted by molar-refractivity contribution is -0.151. The minimum absolute atomic E-state index is 0.181. The number of methoxy groups -OCH3 is 1. The Morgan fingerprint density at radius 1 is 1.26 bits per heavy atom. The van der Waals surface area contributed by atoms with Crippen LogP contribution < -0.4 is 5.32 Å². The van der Waals surface area contributed by atoms with Crippen LogP contribution in [0.15, 0.2) is 5.38 Å². The summed E-state index contributed by atoms with van der Waals surface area (Å²) < 4.78 is 9.75. The van der Waals surface area contributed by atoms with Gasteiger partial charge in [0, 0.05) is 18.3 Å². The molecule has 2 amide bonds. The molecule has 1 aromatic heterocycles. The van der Waals surface area contributed by atoms with Gasteiger partial charge in [0.1, 0.15) is 6.04 Å². The molecule has 0 fully saturated rings. The van der Waals surface area contributed by atoms with Gasteiger partial charge in [0.25, 0.3) is 0 Å². The Labute approximate surface area is 164 Å². The van der Waals surface area contributed by atoms with E-state index in [0.717, 1.165) is 10.7 Å². The summed E-state index contributed by atoms with van der Waals surface area (Å²) in [5, 5.41) is 5.43. The molecular formula is C18H29N3O5S. The first-order chi connectivity index (χ1) is 12.6. The number of hydrogen-bond donors (Lipinski definition) is 1. The first kappa shape index (κ1) is 22.9. The van der Waals surface area contributed by atoms with Crippen LogP contribution in [-0.2, 0) is 25.6 Å². The Morgan fingerprint density at radius 2 is 1.93 bits per heavy atom. The van der Waals surface area contributed by atoms with Crippen molar-refractivity contribution in [2.75, 3.05) is 20.8 Å². The first-order valence-electron chi connectivity index (χ1n) is 8.83. The molecular weight excluding hydrogens is 370 g/mol. The lowest BCUT2D eigenvalue weighted by atomic mass is 10.2. The van der Waals surface area contributed by atoms with Gasteiger partial charge in [-0.05, 0) is 5.92 Å². The zero-order valence-electron chi connectivity index (χ0n) is 16.8. The van der Waals surface area contributed by atoms with E-state index in [1.54, 1.807) is 18.4 Å². The van der Waals surface area contributed by atoms with Gasteiger partial charge in [-0.1, -0.05) is 27.7 Å². The molecule has 0 saturated heterocycles. The number of ether oxygens (including phenoxy) is 2. The second kappa shape index (κ2) is 10.9. The standard InChI is InChI=1S/C18H29N3O5S/c1-11(2)9-26-15(22)7-14(17(23)25-6)20-18(24)21(5)8-13-10-27-16(19-13)12(3)4/h10-12,14H,7-9H2,1-6H3,(H,20,24)/t14-/m0/s1. The fraction of sp³-hybridized carbons (Fsp3) is 0.667. The fourth-order valence-electron chi connectivity index (χ4n) is 2.06. The molecule has 152 valence electrons. The van der Waals surface area contributed by atoms with Crippen molar-refractivity contribution < 1.29 is 23.9 Å². The molecule has 1 heterocycles. The molecule has 0 aliphatic carbocycles. The Balaban J connectivity index is 2.65. The smallest absolute Gasteiger partial charge is 0.329 e. The maximum absolute atomic E-state index is 12.4. The summed E-state index contributed by atoms with van der Waals surface area (Å²) in [5.41, 5.74) is 0.771. The summed E-state index contributed by atoms with van der Waals surface area (Å²) in [5.74, 6) is -0.763. The number of hydrogen-bond acceptors (Lipinski definition) is 7. The number of nitrogens with one attached hydrogen (secondary N) is 1. The second-order valence-corrected chi connectivity index (χ2v) is 7.88. The summed E-state index contributed by atoms with van der Waals surface area (Å²) in [6.45, 7) is 8.47. The molecule has 1 aromatic rings. The lowest BCUT2D eigenvalue weighted by Gasteiger charge is -2.21. The normalized spacial score (nSPS) is 12.0. The third-order valence-corrected chi connectivity index (χ3v) is 4.74. The Kier molecular flexibility index (Phi) is 9.20. The minimum atomic E-state index is -1.11. The number of thiazole rings is 1. The predicted molar refractivity (Wildman–Crippen MR) is 102 cm³/mol. The Hall–Kier alpha value is -2.16. The summed E-state index contributed by atoms with van der Waals surface area (Å²) in [4.78, 5) is 42.1. The number of nitrogens with zero attached hydrogens (tertiary/aromatic N) is 2. The van der Waals surface area contributed by atoms with E-state index in [1.165, 1.54) is 12.0 Å². The van der Waals surface area contributed by atoms with E-state index < -0.39 is 24.0 Å². The summed E-state index contributed by atoms with van der Waals surface area (Å²) in [6.07, 6.45) is -0.285. The number of urea groups is 1. The topological polar surface area (TPSA) is 97.8 Å². The van der Waals surface area contributed by atoms with Gasteiger partial charge in [-0.3, -0.25) is 4.79 Å². The predicted octanol–water partition coefficient (Wildman–Crippen LogP) is 2.54. The largest absolute Gasteiger partial charge is 0.467 e. The zero-order chi connectivity index (χ0) is 20.6. The Morgan fingerprint density at radius 3 is 2.44 bits per heavy atom. The quantitative estimate of drug-likeness (QED) is 0.641. The van der Waals surface area contributed by atoms with E-state index in [-0.39, 0.29) is 18.9 Å². The molecule has 0 aliphatic heterocycles. The van der Waals surface area contributed by atoms with Crippen LogP contribution >= 0.6 is 11.3 Å². The SMILES string of the molecule is COC(=O)[C@H](CC(=O)OCC(C)C)NC(=O)N(C)Cc1csc(C(C)C)n1. The number of carbonyl (C=O) groups excluding carboxylic acids is 3. The average molecular weight is 400 g/mol. The first-order valence-corrected chi connectivity index (χ1v) is 9.71. The summed E-state index contributed by atoms with van der Waals surface area (Å²) in [6, 6.07) is -1.60. The molecule has 8 nitrogen and oxygen atoms in total. The van der Waals surface area contributed by atoms with Gasteiger partial charge >= 0.3 is 18.0 Å². The third-order valence-electron chi connectivity index (χ3n) is 3.54. The number of amides is 2. The van der Waals surface area contributed by atoms with Crippen molar-refractivity contribution in [3.8, 4) is 0 Å². The highest BCUT2D eigenvalue weighted by Gasteiger charge is 2.27. The summed E-state index contributed by atoms with van der Waals surface area (Å²) >= 11 is 1.55. The van der Waals surface area contributed by atoms with Crippen LogP contribution in [0.4, 0.5) is 4.79 Å². The molecule has 1 N–H and O–H groups in total. The molecule has 0 radical (unpaired) electrons. The maximum Gasteiger partial charge on any atom is 0.329 e. The van der Waals surface area contributed by atoms with Crippen molar-refractivity contribution in [1.29, 1.82) is 0 Å². The molecule has 27 heavy (non-hydrogen) atoms. The third kappa shape index (κ3) is 7.94.